The van der Waals surface area contributed by atoms with Crippen LogP contribution in [0.4, 0.5) is 0 Å². The standard InChI is InChI=1S/C10H12N2O3S/c1-3-15-9(13)8-6-12-5-4-7(2)11-10(12)16(8)14/h4,6H,3,5H2,1-2H3. The number of carbonyl (C=O) groups is 1. The molecule has 0 aliphatic carbocycles. The van der Waals surface area contributed by atoms with Crippen LogP contribution in [-0.2, 0) is 20.3 Å². The van der Waals surface area contributed by atoms with E-state index in [1.54, 1.807) is 18.0 Å². The second-order valence-corrected chi connectivity index (χ2v) is 4.72. The number of hydrogen-bond donors (Lipinski definition) is 0. The minimum absolute atomic E-state index is 0.170. The molecule has 2 aliphatic rings. The van der Waals surface area contributed by atoms with Crippen LogP contribution < -0.4 is 0 Å². The van der Waals surface area contributed by atoms with Crippen molar-refractivity contribution in [3.8, 4) is 0 Å². The van der Waals surface area contributed by atoms with Crippen molar-refractivity contribution in [2.24, 2.45) is 4.99 Å². The maximum Gasteiger partial charge on any atom is 0.349 e. The number of esters is 1. The zero-order valence-electron chi connectivity index (χ0n) is 9.10. The summed E-state index contributed by atoms with van der Waals surface area (Å²) in [7, 11) is -1.51. The molecule has 2 aliphatic heterocycles. The van der Waals surface area contributed by atoms with Crippen LogP contribution in [0.15, 0.2) is 27.9 Å². The Kier molecular flexibility index (Phi) is 2.91. The molecule has 0 N–H and O–H groups in total. The quantitative estimate of drug-likeness (QED) is 0.668. The van der Waals surface area contributed by atoms with E-state index in [1.165, 1.54) is 0 Å². The van der Waals surface area contributed by atoms with E-state index in [4.69, 9.17) is 4.74 Å². The molecule has 0 radical (unpaired) electrons. The number of amidine groups is 1. The Morgan fingerprint density at radius 2 is 2.44 bits per heavy atom. The monoisotopic (exact) mass is 240 g/mol. The first kappa shape index (κ1) is 11.1. The van der Waals surface area contributed by atoms with Crippen molar-refractivity contribution in [1.29, 1.82) is 0 Å². The molecule has 2 heterocycles. The summed E-state index contributed by atoms with van der Waals surface area (Å²) in [5.74, 6) is -0.532. The fourth-order valence-electron chi connectivity index (χ4n) is 1.44. The molecule has 0 spiro atoms. The number of allylic oxidation sites excluding steroid dienone is 1. The van der Waals surface area contributed by atoms with Crippen LogP contribution in [0.3, 0.4) is 0 Å². The summed E-state index contributed by atoms with van der Waals surface area (Å²) in [6, 6.07) is 0. The first-order valence-electron chi connectivity index (χ1n) is 4.96. The number of nitrogens with zero attached hydrogens (tertiary/aromatic N) is 2. The van der Waals surface area contributed by atoms with E-state index < -0.39 is 16.8 Å². The lowest BCUT2D eigenvalue weighted by atomic mass is 10.4. The zero-order chi connectivity index (χ0) is 11.7. The third-order valence-electron chi connectivity index (χ3n) is 2.22. The Hall–Kier alpha value is -1.43. The van der Waals surface area contributed by atoms with Gasteiger partial charge in [0.1, 0.15) is 15.7 Å². The Balaban J connectivity index is 2.25. The highest BCUT2D eigenvalue weighted by Gasteiger charge is 2.34. The Morgan fingerprint density at radius 1 is 1.69 bits per heavy atom. The zero-order valence-corrected chi connectivity index (χ0v) is 9.91. The molecule has 0 aromatic rings. The van der Waals surface area contributed by atoms with E-state index in [0.29, 0.717) is 11.7 Å². The van der Waals surface area contributed by atoms with Gasteiger partial charge >= 0.3 is 5.97 Å². The van der Waals surface area contributed by atoms with Gasteiger partial charge in [0.2, 0.25) is 5.17 Å². The van der Waals surface area contributed by atoms with Crippen molar-refractivity contribution in [2.45, 2.75) is 13.8 Å². The summed E-state index contributed by atoms with van der Waals surface area (Å²) in [6.45, 7) is 4.42. The van der Waals surface area contributed by atoms with Crippen LogP contribution in [0, 0.1) is 0 Å². The van der Waals surface area contributed by atoms with Gasteiger partial charge in [-0.25, -0.2) is 14.0 Å². The number of hydrogen-bond acceptors (Lipinski definition) is 5. The minimum atomic E-state index is -1.51. The van der Waals surface area contributed by atoms with Gasteiger partial charge < -0.3 is 9.64 Å². The smallest absolute Gasteiger partial charge is 0.349 e. The average molecular weight is 240 g/mol. The van der Waals surface area contributed by atoms with Gasteiger partial charge in [-0.2, -0.15) is 0 Å². The first-order chi connectivity index (χ1) is 7.63. The molecular formula is C10H12N2O3S. The van der Waals surface area contributed by atoms with Crippen molar-refractivity contribution in [1.82, 2.24) is 4.90 Å². The Bertz CT molecular complexity index is 451. The third kappa shape index (κ3) is 1.80. The number of carbonyl (C=O) groups excluding carboxylic acids is 1. The minimum Gasteiger partial charge on any atom is -0.462 e. The SMILES string of the molecule is CCOC(=O)C1=CN2CC=C(C)N=C2S1=O. The molecule has 1 atom stereocenters. The first-order valence-corrected chi connectivity index (χ1v) is 6.11. The fourth-order valence-corrected chi connectivity index (χ4v) is 2.64. The van der Waals surface area contributed by atoms with Crippen LogP contribution in [0.25, 0.3) is 0 Å². The molecule has 1 unspecified atom stereocenters. The second-order valence-electron chi connectivity index (χ2n) is 3.37. The molecule has 0 saturated heterocycles. The molecule has 16 heavy (non-hydrogen) atoms. The number of aliphatic imine (C=N–C) groups is 1. The van der Waals surface area contributed by atoms with Crippen LogP contribution >= 0.6 is 0 Å². The second kappa shape index (κ2) is 4.21. The van der Waals surface area contributed by atoms with E-state index in [2.05, 4.69) is 4.99 Å². The van der Waals surface area contributed by atoms with Crippen molar-refractivity contribution >= 4 is 21.9 Å². The van der Waals surface area contributed by atoms with E-state index in [9.17, 15) is 9.00 Å². The van der Waals surface area contributed by atoms with E-state index >= 15 is 0 Å². The van der Waals surface area contributed by atoms with Gasteiger partial charge in [-0.1, -0.05) is 0 Å². The van der Waals surface area contributed by atoms with E-state index in [1.807, 2.05) is 13.0 Å². The van der Waals surface area contributed by atoms with Crippen LogP contribution in [0.1, 0.15) is 13.8 Å². The number of ether oxygens (including phenoxy) is 1. The lowest BCUT2D eigenvalue weighted by Crippen LogP contribution is -2.27. The molecule has 0 fully saturated rings. The molecule has 6 heteroatoms. The van der Waals surface area contributed by atoms with Crippen molar-refractivity contribution in [2.75, 3.05) is 13.2 Å². The fraction of sp³-hybridized carbons (Fsp3) is 0.400. The van der Waals surface area contributed by atoms with E-state index in [0.717, 1.165) is 5.70 Å². The van der Waals surface area contributed by atoms with E-state index in [-0.39, 0.29) is 11.5 Å². The largest absolute Gasteiger partial charge is 0.462 e. The molecular weight excluding hydrogens is 228 g/mol. The van der Waals surface area contributed by atoms with Crippen molar-refractivity contribution in [3.05, 3.63) is 22.9 Å². The number of fused-ring (bicyclic) bond motifs is 1. The van der Waals surface area contributed by atoms with Gasteiger partial charge in [0.25, 0.3) is 0 Å². The third-order valence-corrected chi connectivity index (χ3v) is 3.55. The van der Waals surface area contributed by atoms with Crippen molar-refractivity contribution < 1.29 is 13.7 Å². The number of rotatable bonds is 2. The van der Waals surface area contributed by atoms with Gasteiger partial charge in [0.05, 0.1) is 6.61 Å². The summed E-state index contributed by atoms with van der Waals surface area (Å²) in [4.78, 5) is 17.5. The molecule has 0 aromatic heterocycles. The molecule has 86 valence electrons. The summed E-state index contributed by atoms with van der Waals surface area (Å²) >= 11 is 0. The molecule has 0 aromatic carbocycles. The van der Waals surface area contributed by atoms with Gasteiger partial charge in [-0.15, -0.1) is 0 Å². The van der Waals surface area contributed by atoms with Gasteiger partial charge in [-0.05, 0) is 19.9 Å². The average Bonchev–Trinajstić information content (AvgIpc) is 2.57. The maximum absolute atomic E-state index is 11.9. The summed E-state index contributed by atoms with van der Waals surface area (Å²) in [6.07, 6.45) is 3.46. The highest BCUT2D eigenvalue weighted by atomic mass is 32.2. The van der Waals surface area contributed by atoms with Gasteiger partial charge in [0, 0.05) is 18.4 Å². The lowest BCUT2D eigenvalue weighted by Gasteiger charge is -2.17. The summed E-state index contributed by atoms with van der Waals surface area (Å²) < 4.78 is 16.8. The Morgan fingerprint density at radius 3 is 3.12 bits per heavy atom. The molecule has 5 nitrogen and oxygen atoms in total. The summed E-state index contributed by atoms with van der Waals surface area (Å²) in [5.41, 5.74) is 0.818. The van der Waals surface area contributed by atoms with Crippen LogP contribution in [0.2, 0.25) is 0 Å². The molecule has 0 saturated carbocycles. The topological polar surface area (TPSA) is 59.0 Å². The van der Waals surface area contributed by atoms with Crippen molar-refractivity contribution in [3.63, 3.8) is 0 Å². The summed E-state index contributed by atoms with van der Waals surface area (Å²) in [5, 5.41) is 0.419. The molecule has 0 amide bonds. The highest BCUT2D eigenvalue weighted by molar-refractivity contribution is 8.05. The predicted molar refractivity (Wildman–Crippen MR) is 60.8 cm³/mol. The highest BCUT2D eigenvalue weighted by Crippen LogP contribution is 2.23. The van der Waals surface area contributed by atoms with Crippen LogP contribution in [0.5, 0.6) is 0 Å². The van der Waals surface area contributed by atoms with Gasteiger partial charge in [0.15, 0.2) is 0 Å². The molecule has 2 rings (SSSR count). The predicted octanol–water partition coefficient (Wildman–Crippen LogP) is 0.729. The molecule has 0 bridgehead atoms. The normalized spacial score (nSPS) is 23.2. The maximum atomic E-state index is 11.9. The Labute approximate surface area is 95.9 Å². The van der Waals surface area contributed by atoms with Gasteiger partial charge in [-0.3, -0.25) is 0 Å². The lowest BCUT2D eigenvalue weighted by molar-refractivity contribution is -0.137. The van der Waals surface area contributed by atoms with Crippen LogP contribution in [-0.4, -0.2) is 33.4 Å².